The Morgan fingerprint density at radius 3 is 2.81 bits per heavy atom. The lowest BCUT2D eigenvalue weighted by molar-refractivity contribution is -0.137. The second kappa shape index (κ2) is 5.68. The molecular formula is C14H15F3N2S2. The summed E-state index contributed by atoms with van der Waals surface area (Å²) in [5, 5.41) is 0.492. The van der Waals surface area contributed by atoms with Crippen molar-refractivity contribution in [3.05, 3.63) is 28.5 Å². The van der Waals surface area contributed by atoms with Gasteiger partial charge >= 0.3 is 6.18 Å². The lowest BCUT2D eigenvalue weighted by Gasteiger charge is -2.21. The van der Waals surface area contributed by atoms with E-state index < -0.39 is 11.7 Å². The lowest BCUT2D eigenvalue weighted by atomic mass is 10.1. The first-order valence-electron chi connectivity index (χ1n) is 6.86. The molecular weight excluding hydrogens is 317 g/mol. The van der Waals surface area contributed by atoms with E-state index in [9.17, 15) is 13.2 Å². The first-order chi connectivity index (χ1) is 9.95. The van der Waals surface area contributed by atoms with Gasteiger partial charge in [0.05, 0.1) is 16.6 Å². The summed E-state index contributed by atoms with van der Waals surface area (Å²) >= 11 is 7.20. The Labute approximate surface area is 129 Å². The third kappa shape index (κ3) is 3.13. The smallest absolute Gasteiger partial charge is 0.331 e. The molecule has 0 bridgehead atoms. The number of halogens is 3. The Morgan fingerprint density at radius 2 is 2.14 bits per heavy atom. The third-order valence-electron chi connectivity index (χ3n) is 3.76. The van der Waals surface area contributed by atoms with Crippen LogP contribution in [0.2, 0.25) is 0 Å². The topological polar surface area (TPSA) is 20.7 Å². The quantitative estimate of drug-likeness (QED) is 0.781. The number of rotatable bonds is 2. The van der Waals surface area contributed by atoms with Crippen molar-refractivity contribution in [2.24, 2.45) is 0 Å². The molecule has 3 rings (SSSR count). The van der Waals surface area contributed by atoms with E-state index in [0.29, 0.717) is 15.5 Å². The molecule has 0 saturated carbocycles. The summed E-state index contributed by atoms with van der Waals surface area (Å²) in [7, 11) is 0. The number of nitrogens with zero attached hydrogens (tertiary/aromatic N) is 1. The van der Waals surface area contributed by atoms with Crippen LogP contribution >= 0.6 is 24.0 Å². The predicted octanol–water partition coefficient (Wildman–Crippen LogP) is 5.00. The average Bonchev–Trinajstić information content (AvgIpc) is 2.75. The van der Waals surface area contributed by atoms with Gasteiger partial charge in [0.2, 0.25) is 0 Å². The van der Waals surface area contributed by atoms with Crippen LogP contribution in [0.25, 0.3) is 11.0 Å². The van der Waals surface area contributed by atoms with E-state index in [-0.39, 0.29) is 0 Å². The third-order valence-corrected chi connectivity index (χ3v) is 5.46. The maximum atomic E-state index is 12.7. The normalized spacial score (nSPS) is 20.0. The van der Waals surface area contributed by atoms with Gasteiger partial charge in [-0.3, -0.25) is 0 Å². The summed E-state index contributed by atoms with van der Waals surface area (Å²) in [5.74, 6) is 1.15. The summed E-state index contributed by atoms with van der Waals surface area (Å²) in [4.78, 5) is 2.90. The highest BCUT2D eigenvalue weighted by Crippen LogP contribution is 2.32. The Bertz CT molecular complexity index is 696. The highest BCUT2D eigenvalue weighted by molar-refractivity contribution is 7.99. The van der Waals surface area contributed by atoms with Crippen LogP contribution in [0.4, 0.5) is 13.2 Å². The molecule has 114 valence electrons. The molecule has 0 radical (unpaired) electrons. The molecule has 2 aromatic rings. The van der Waals surface area contributed by atoms with Crippen molar-refractivity contribution in [3.8, 4) is 0 Å². The molecule has 1 saturated heterocycles. The van der Waals surface area contributed by atoms with E-state index >= 15 is 0 Å². The van der Waals surface area contributed by atoms with Gasteiger partial charge in [0, 0.05) is 11.8 Å². The van der Waals surface area contributed by atoms with E-state index in [1.807, 2.05) is 16.3 Å². The molecule has 1 atom stereocenters. The second-order valence-electron chi connectivity index (χ2n) is 5.26. The highest BCUT2D eigenvalue weighted by atomic mass is 32.2. The zero-order valence-electron chi connectivity index (χ0n) is 11.2. The van der Waals surface area contributed by atoms with Gasteiger partial charge in [-0.15, -0.1) is 0 Å². The van der Waals surface area contributed by atoms with Crippen molar-refractivity contribution in [1.82, 2.24) is 9.55 Å². The van der Waals surface area contributed by atoms with Gasteiger partial charge in [0.1, 0.15) is 0 Å². The Balaban J connectivity index is 1.95. The van der Waals surface area contributed by atoms with E-state index in [0.717, 1.165) is 36.4 Å². The first-order valence-corrected chi connectivity index (χ1v) is 8.32. The van der Waals surface area contributed by atoms with Gasteiger partial charge in [-0.1, -0.05) is 6.42 Å². The minimum atomic E-state index is -4.33. The largest absolute Gasteiger partial charge is 0.416 e. The maximum absolute atomic E-state index is 12.7. The van der Waals surface area contributed by atoms with Gasteiger partial charge in [0.15, 0.2) is 4.77 Å². The van der Waals surface area contributed by atoms with Gasteiger partial charge in [-0.2, -0.15) is 24.9 Å². The summed E-state index contributed by atoms with van der Waals surface area (Å²) in [5.41, 5.74) is 0.556. The fourth-order valence-corrected chi connectivity index (χ4v) is 4.25. The molecule has 1 unspecified atom stereocenters. The number of aromatic nitrogens is 2. The van der Waals surface area contributed by atoms with E-state index in [1.54, 1.807) is 0 Å². The number of hydrogen-bond donors (Lipinski definition) is 1. The molecule has 1 aromatic heterocycles. The first kappa shape index (κ1) is 15.0. The number of fused-ring (bicyclic) bond motifs is 1. The minimum Gasteiger partial charge on any atom is -0.331 e. The number of H-pyrrole nitrogens is 1. The van der Waals surface area contributed by atoms with Crippen LogP contribution in [0.3, 0.4) is 0 Å². The summed E-state index contributed by atoms with van der Waals surface area (Å²) in [6, 6.07) is 3.77. The van der Waals surface area contributed by atoms with Crippen LogP contribution in [0, 0.1) is 4.77 Å². The van der Waals surface area contributed by atoms with Crippen molar-refractivity contribution < 1.29 is 13.2 Å². The zero-order chi connectivity index (χ0) is 15.0. The molecule has 1 N–H and O–H groups in total. The molecule has 21 heavy (non-hydrogen) atoms. The van der Waals surface area contributed by atoms with Gasteiger partial charge in [0.25, 0.3) is 0 Å². The molecule has 2 heterocycles. The molecule has 0 amide bonds. The van der Waals surface area contributed by atoms with Crippen LogP contribution in [0.15, 0.2) is 18.2 Å². The van der Waals surface area contributed by atoms with Crippen molar-refractivity contribution in [1.29, 1.82) is 0 Å². The minimum absolute atomic E-state index is 0.454. The van der Waals surface area contributed by atoms with Crippen LogP contribution in [-0.2, 0) is 12.7 Å². The Kier molecular flexibility index (Phi) is 4.05. The Hall–Kier alpha value is -0.950. The molecule has 0 spiro atoms. The highest BCUT2D eigenvalue weighted by Gasteiger charge is 2.30. The molecule has 1 fully saturated rings. The number of hydrogen-bond acceptors (Lipinski definition) is 2. The SMILES string of the molecule is FC(F)(F)c1ccc2c(c1)[nH]c(=S)n2CC1CCCCS1. The summed E-state index contributed by atoms with van der Waals surface area (Å²) in [6.07, 6.45) is -0.730. The van der Waals surface area contributed by atoms with Crippen LogP contribution in [0.1, 0.15) is 24.8 Å². The number of thioether (sulfide) groups is 1. The van der Waals surface area contributed by atoms with E-state index in [1.165, 1.54) is 18.9 Å². The number of benzene rings is 1. The number of aromatic amines is 1. The molecule has 1 aliphatic rings. The van der Waals surface area contributed by atoms with Gasteiger partial charge < -0.3 is 9.55 Å². The molecule has 7 heteroatoms. The lowest BCUT2D eigenvalue weighted by Crippen LogP contribution is -2.17. The van der Waals surface area contributed by atoms with Crippen molar-refractivity contribution >= 4 is 35.0 Å². The molecule has 2 nitrogen and oxygen atoms in total. The number of nitrogens with one attached hydrogen (secondary N) is 1. The fraction of sp³-hybridized carbons (Fsp3) is 0.500. The van der Waals surface area contributed by atoms with Gasteiger partial charge in [-0.05, 0) is 49.0 Å². The van der Waals surface area contributed by atoms with Crippen molar-refractivity contribution in [3.63, 3.8) is 0 Å². The monoisotopic (exact) mass is 332 g/mol. The molecule has 0 aliphatic carbocycles. The van der Waals surface area contributed by atoms with Crippen LogP contribution in [0.5, 0.6) is 0 Å². The van der Waals surface area contributed by atoms with E-state index in [4.69, 9.17) is 12.2 Å². The molecule has 1 aliphatic heterocycles. The van der Waals surface area contributed by atoms with E-state index in [2.05, 4.69) is 4.98 Å². The van der Waals surface area contributed by atoms with Crippen LogP contribution < -0.4 is 0 Å². The number of alkyl halides is 3. The van der Waals surface area contributed by atoms with Crippen molar-refractivity contribution in [2.45, 2.75) is 37.2 Å². The summed E-state index contributed by atoms with van der Waals surface area (Å²) in [6.45, 7) is 0.759. The Morgan fingerprint density at radius 1 is 1.33 bits per heavy atom. The average molecular weight is 332 g/mol. The summed E-state index contributed by atoms with van der Waals surface area (Å²) < 4.78 is 40.7. The van der Waals surface area contributed by atoms with Crippen molar-refractivity contribution in [2.75, 3.05) is 5.75 Å². The maximum Gasteiger partial charge on any atom is 0.416 e. The second-order valence-corrected chi connectivity index (χ2v) is 7.05. The standard InChI is InChI=1S/C14H15F3N2S2/c15-14(16,17)9-4-5-12-11(7-9)18-13(20)19(12)8-10-3-1-2-6-21-10/h4-5,7,10H,1-3,6,8H2,(H,18,20). The molecule has 1 aromatic carbocycles. The van der Waals surface area contributed by atoms with Gasteiger partial charge in [-0.25, -0.2) is 0 Å². The zero-order valence-corrected chi connectivity index (χ0v) is 12.9. The van der Waals surface area contributed by atoms with Crippen LogP contribution in [-0.4, -0.2) is 20.6 Å². The fourth-order valence-electron chi connectivity index (χ4n) is 2.68. The predicted molar refractivity (Wildman–Crippen MR) is 82.2 cm³/mol. The number of imidazole rings is 1.